The number of nitrogens with one attached hydrogen (secondary N) is 1. The molecule has 1 aromatic rings. The summed E-state index contributed by atoms with van der Waals surface area (Å²) >= 11 is 11.0. The van der Waals surface area contributed by atoms with Gasteiger partial charge in [-0.3, -0.25) is 0 Å². The second-order valence-corrected chi connectivity index (χ2v) is 3.09. The molecule has 4 nitrogen and oxygen atoms in total. The van der Waals surface area contributed by atoms with E-state index in [1.807, 2.05) is 0 Å². The van der Waals surface area contributed by atoms with Crippen LogP contribution in [0.2, 0.25) is 0 Å². The summed E-state index contributed by atoms with van der Waals surface area (Å²) in [6.45, 7) is 2.75. The maximum Gasteiger partial charge on any atom is 0.223 e. The van der Waals surface area contributed by atoms with E-state index in [0.29, 0.717) is 29.8 Å². The van der Waals surface area contributed by atoms with Crippen molar-refractivity contribution < 1.29 is 4.52 Å². The van der Waals surface area contributed by atoms with E-state index < -0.39 is 0 Å². The Labute approximate surface area is 85.9 Å². The Morgan fingerprint density at radius 3 is 3.00 bits per heavy atom. The summed E-state index contributed by atoms with van der Waals surface area (Å²) in [6, 6.07) is 0. The number of nitrogens with zero attached hydrogens (tertiary/aromatic N) is 2. The van der Waals surface area contributed by atoms with Crippen LogP contribution < -0.4 is 5.32 Å². The van der Waals surface area contributed by atoms with E-state index >= 15 is 0 Å². The highest BCUT2D eigenvalue weighted by molar-refractivity contribution is 6.36. The van der Waals surface area contributed by atoms with Gasteiger partial charge in [0, 0.05) is 24.0 Å². The number of aryl methyl sites for hydroxylation is 1. The third-order valence-electron chi connectivity index (χ3n) is 1.27. The van der Waals surface area contributed by atoms with Gasteiger partial charge in [-0.05, 0) is 0 Å². The maximum atomic E-state index is 5.64. The molecule has 0 bridgehead atoms. The summed E-state index contributed by atoms with van der Waals surface area (Å²) < 4.78 is 4.77. The van der Waals surface area contributed by atoms with Crippen LogP contribution in [0.5, 0.6) is 0 Å². The number of aromatic nitrogens is 2. The molecular formula is C7H9Cl2N3O. The van der Waals surface area contributed by atoms with Crippen molar-refractivity contribution in [2.75, 3.05) is 6.54 Å². The van der Waals surface area contributed by atoms with Crippen molar-refractivity contribution in [2.24, 2.45) is 0 Å². The molecule has 0 amide bonds. The molecule has 0 aliphatic carbocycles. The highest BCUT2D eigenvalue weighted by Crippen LogP contribution is 2.01. The van der Waals surface area contributed by atoms with Crippen molar-refractivity contribution in [3.63, 3.8) is 0 Å². The van der Waals surface area contributed by atoms with Crippen molar-refractivity contribution in [1.29, 1.82) is 0 Å². The Morgan fingerprint density at radius 2 is 2.46 bits per heavy atom. The maximum absolute atomic E-state index is 5.64. The van der Waals surface area contributed by atoms with Gasteiger partial charge in [-0.15, -0.1) is 0 Å². The molecule has 0 aromatic carbocycles. The largest absolute Gasteiger partial charge is 0.340 e. The third-order valence-corrected chi connectivity index (χ3v) is 1.88. The second kappa shape index (κ2) is 5.21. The van der Waals surface area contributed by atoms with E-state index in [1.54, 1.807) is 6.92 Å². The van der Waals surface area contributed by atoms with Gasteiger partial charge in [0.05, 0.1) is 6.54 Å². The summed E-state index contributed by atoms with van der Waals surface area (Å²) in [6.07, 6.45) is 0. The molecule has 1 aromatic heterocycles. The molecule has 0 atom stereocenters. The molecule has 0 saturated carbocycles. The SMILES string of the molecule is Cc1nc(CNCC(Cl)=CCl)no1. The molecule has 0 saturated heterocycles. The fourth-order valence-corrected chi connectivity index (χ4v) is 0.917. The molecule has 0 fully saturated rings. The first kappa shape index (κ1) is 10.5. The van der Waals surface area contributed by atoms with Crippen molar-refractivity contribution in [3.8, 4) is 0 Å². The smallest absolute Gasteiger partial charge is 0.223 e. The van der Waals surface area contributed by atoms with E-state index in [-0.39, 0.29) is 0 Å². The monoisotopic (exact) mass is 221 g/mol. The average Bonchev–Trinajstić information content (AvgIpc) is 2.51. The van der Waals surface area contributed by atoms with Gasteiger partial charge < -0.3 is 9.84 Å². The van der Waals surface area contributed by atoms with Crippen molar-refractivity contribution in [3.05, 3.63) is 22.3 Å². The first-order valence-electron chi connectivity index (χ1n) is 3.67. The van der Waals surface area contributed by atoms with Crippen molar-refractivity contribution >= 4 is 23.2 Å². The van der Waals surface area contributed by atoms with Gasteiger partial charge in [0.1, 0.15) is 0 Å². The van der Waals surface area contributed by atoms with E-state index in [2.05, 4.69) is 15.5 Å². The topological polar surface area (TPSA) is 51.0 Å². The predicted octanol–water partition coefficient (Wildman–Crippen LogP) is 1.79. The molecule has 0 aliphatic heterocycles. The number of halogens is 2. The molecule has 1 rings (SSSR count). The van der Waals surface area contributed by atoms with Gasteiger partial charge in [0.15, 0.2) is 5.82 Å². The number of hydrogen-bond acceptors (Lipinski definition) is 4. The fourth-order valence-electron chi connectivity index (χ4n) is 0.745. The second-order valence-electron chi connectivity index (χ2n) is 2.39. The highest BCUT2D eigenvalue weighted by Gasteiger charge is 2.00. The fraction of sp³-hybridized carbons (Fsp3) is 0.429. The van der Waals surface area contributed by atoms with Gasteiger partial charge in [0.25, 0.3) is 0 Å². The lowest BCUT2D eigenvalue weighted by Crippen LogP contribution is -2.15. The quantitative estimate of drug-likeness (QED) is 0.843. The Bertz CT molecular complexity index is 298. The lowest BCUT2D eigenvalue weighted by atomic mass is 10.5. The molecule has 1 heterocycles. The van der Waals surface area contributed by atoms with Crippen LogP contribution in [0.3, 0.4) is 0 Å². The van der Waals surface area contributed by atoms with Gasteiger partial charge in [-0.25, -0.2) is 0 Å². The summed E-state index contributed by atoms with van der Waals surface area (Å²) in [4.78, 5) is 4.00. The van der Waals surface area contributed by atoms with Crippen LogP contribution in [-0.2, 0) is 6.54 Å². The summed E-state index contributed by atoms with van der Waals surface area (Å²) in [5.74, 6) is 1.16. The van der Waals surface area contributed by atoms with Gasteiger partial charge in [0.2, 0.25) is 5.89 Å². The van der Waals surface area contributed by atoms with Crippen LogP contribution in [0.15, 0.2) is 15.1 Å². The first-order chi connectivity index (χ1) is 6.22. The Hall–Kier alpha value is -0.580. The molecule has 13 heavy (non-hydrogen) atoms. The normalized spacial score (nSPS) is 12.1. The lowest BCUT2D eigenvalue weighted by molar-refractivity contribution is 0.386. The van der Waals surface area contributed by atoms with E-state index in [1.165, 1.54) is 5.54 Å². The summed E-state index contributed by atoms with van der Waals surface area (Å²) in [5, 5.41) is 7.23. The molecular weight excluding hydrogens is 213 g/mol. The van der Waals surface area contributed by atoms with Crippen LogP contribution in [0.4, 0.5) is 0 Å². The third kappa shape index (κ3) is 3.76. The molecule has 1 N–H and O–H groups in total. The molecule has 0 spiro atoms. The summed E-state index contributed by atoms with van der Waals surface area (Å²) in [5.41, 5.74) is 1.32. The van der Waals surface area contributed by atoms with Crippen LogP contribution in [0.1, 0.15) is 11.7 Å². The van der Waals surface area contributed by atoms with E-state index in [9.17, 15) is 0 Å². The predicted molar refractivity (Wildman–Crippen MR) is 50.5 cm³/mol. The summed E-state index contributed by atoms with van der Waals surface area (Å²) in [7, 11) is 0. The zero-order valence-corrected chi connectivity index (χ0v) is 8.56. The minimum atomic E-state index is 0.499. The average molecular weight is 222 g/mol. The molecule has 0 aliphatic rings. The minimum Gasteiger partial charge on any atom is -0.340 e. The van der Waals surface area contributed by atoms with Crippen molar-refractivity contribution in [1.82, 2.24) is 15.5 Å². The Morgan fingerprint density at radius 1 is 1.69 bits per heavy atom. The van der Waals surface area contributed by atoms with Crippen molar-refractivity contribution in [2.45, 2.75) is 13.5 Å². The number of hydrogen-bond donors (Lipinski definition) is 1. The van der Waals surface area contributed by atoms with Crippen LogP contribution >= 0.6 is 23.2 Å². The Kier molecular flexibility index (Phi) is 4.21. The van der Waals surface area contributed by atoms with Gasteiger partial charge in [-0.2, -0.15) is 4.98 Å². The van der Waals surface area contributed by atoms with E-state index in [4.69, 9.17) is 27.7 Å². The Balaban J connectivity index is 2.28. The van der Waals surface area contributed by atoms with E-state index in [0.717, 1.165) is 0 Å². The number of rotatable bonds is 4. The van der Waals surface area contributed by atoms with Crippen LogP contribution in [0, 0.1) is 6.92 Å². The van der Waals surface area contributed by atoms with Crippen LogP contribution in [-0.4, -0.2) is 16.7 Å². The zero-order valence-electron chi connectivity index (χ0n) is 7.05. The van der Waals surface area contributed by atoms with Gasteiger partial charge >= 0.3 is 0 Å². The molecule has 72 valence electrons. The zero-order chi connectivity index (χ0) is 9.68. The lowest BCUT2D eigenvalue weighted by Gasteiger charge is -1.97. The van der Waals surface area contributed by atoms with Gasteiger partial charge in [-0.1, -0.05) is 28.4 Å². The standard InChI is InChI=1S/C7H9Cl2N3O/c1-5-11-7(12-13-5)4-10-3-6(9)2-8/h2,10H,3-4H2,1H3. The van der Waals surface area contributed by atoms with Crippen LogP contribution in [0.25, 0.3) is 0 Å². The molecule has 0 unspecified atom stereocenters. The molecule has 0 radical (unpaired) electrons. The molecule has 6 heteroatoms. The highest BCUT2D eigenvalue weighted by atomic mass is 35.5. The minimum absolute atomic E-state index is 0.499. The first-order valence-corrected chi connectivity index (χ1v) is 4.48.